The second-order valence-electron chi connectivity index (χ2n) is 5.69. The predicted octanol–water partition coefficient (Wildman–Crippen LogP) is 2.84. The minimum Gasteiger partial charge on any atom is -0.349 e. The number of aryl methyl sites for hydroxylation is 2. The summed E-state index contributed by atoms with van der Waals surface area (Å²) in [5, 5.41) is 6.55. The lowest BCUT2D eigenvalue weighted by Crippen LogP contribution is -2.44. The molecule has 3 nitrogen and oxygen atoms in total. The number of benzene rings is 1. The molecule has 112 valence electrons. The first-order chi connectivity index (χ1) is 9.08. The fourth-order valence-electron chi connectivity index (χ4n) is 2.69. The summed E-state index contributed by atoms with van der Waals surface area (Å²) in [5.74, 6) is 0.599. The number of carbonyl (C=O) groups is 1. The summed E-state index contributed by atoms with van der Waals surface area (Å²) in [7, 11) is 0. The number of rotatable bonds is 3. The maximum absolute atomic E-state index is 12.3. The fraction of sp³-hybridized carbons (Fsp3) is 0.562. The van der Waals surface area contributed by atoms with Crippen LogP contribution in [0.2, 0.25) is 0 Å². The Morgan fingerprint density at radius 1 is 1.40 bits per heavy atom. The second kappa shape index (κ2) is 7.65. The number of hydrogen-bond acceptors (Lipinski definition) is 2. The lowest BCUT2D eigenvalue weighted by atomic mass is 9.92. The van der Waals surface area contributed by atoms with Crippen molar-refractivity contribution in [2.24, 2.45) is 5.92 Å². The molecule has 2 rings (SSSR count). The molecule has 20 heavy (non-hydrogen) atoms. The molecule has 0 aliphatic carbocycles. The smallest absolute Gasteiger partial charge is 0.251 e. The van der Waals surface area contributed by atoms with Crippen LogP contribution in [-0.2, 0) is 0 Å². The van der Waals surface area contributed by atoms with Gasteiger partial charge >= 0.3 is 0 Å². The Hall–Kier alpha value is -1.06. The third-order valence-electron chi connectivity index (χ3n) is 4.04. The van der Waals surface area contributed by atoms with Crippen LogP contribution in [0, 0.1) is 19.8 Å². The van der Waals surface area contributed by atoms with E-state index in [0.29, 0.717) is 5.92 Å². The van der Waals surface area contributed by atoms with Crippen molar-refractivity contribution in [1.82, 2.24) is 10.6 Å². The fourth-order valence-corrected chi connectivity index (χ4v) is 2.69. The van der Waals surface area contributed by atoms with Crippen LogP contribution in [0.25, 0.3) is 0 Å². The highest BCUT2D eigenvalue weighted by Crippen LogP contribution is 2.16. The van der Waals surface area contributed by atoms with Gasteiger partial charge in [-0.25, -0.2) is 0 Å². The zero-order valence-corrected chi connectivity index (χ0v) is 13.3. The van der Waals surface area contributed by atoms with Crippen molar-refractivity contribution >= 4 is 18.3 Å². The van der Waals surface area contributed by atoms with Crippen LogP contribution in [0.15, 0.2) is 18.2 Å². The van der Waals surface area contributed by atoms with Gasteiger partial charge in [0.2, 0.25) is 0 Å². The molecule has 1 aliphatic heterocycles. The number of piperidine rings is 1. The summed E-state index contributed by atoms with van der Waals surface area (Å²) in [6.07, 6.45) is 2.40. The average Bonchev–Trinajstić information content (AvgIpc) is 2.42. The first kappa shape index (κ1) is 17.0. The molecule has 0 spiro atoms. The Morgan fingerprint density at radius 2 is 2.15 bits per heavy atom. The molecule has 2 N–H and O–H groups in total. The summed E-state index contributed by atoms with van der Waals surface area (Å²) in [6.45, 7) is 8.23. The summed E-state index contributed by atoms with van der Waals surface area (Å²) < 4.78 is 0. The third kappa shape index (κ3) is 4.22. The molecule has 1 amide bonds. The van der Waals surface area contributed by atoms with Crippen LogP contribution >= 0.6 is 12.4 Å². The monoisotopic (exact) mass is 296 g/mol. The number of halogens is 1. The third-order valence-corrected chi connectivity index (χ3v) is 4.04. The highest BCUT2D eigenvalue weighted by molar-refractivity contribution is 5.96. The standard InChI is InChI=1S/C16H24N2O.ClH/c1-11-6-7-12(2)15(9-11)16(19)18-13(3)14-5-4-8-17-10-14;/h6-7,9,13-14,17H,4-5,8,10H2,1-3H3,(H,18,19);1H. The normalized spacial score (nSPS) is 19.9. The summed E-state index contributed by atoms with van der Waals surface area (Å²) in [6, 6.07) is 6.24. The zero-order chi connectivity index (χ0) is 13.8. The first-order valence-electron chi connectivity index (χ1n) is 7.17. The molecule has 0 radical (unpaired) electrons. The van der Waals surface area contributed by atoms with E-state index in [1.165, 1.54) is 12.8 Å². The molecule has 1 saturated heterocycles. The number of hydrogen-bond donors (Lipinski definition) is 2. The van der Waals surface area contributed by atoms with Crippen molar-refractivity contribution < 1.29 is 4.79 Å². The average molecular weight is 297 g/mol. The molecule has 0 bridgehead atoms. The van der Waals surface area contributed by atoms with Gasteiger partial charge in [-0.3, -0.25) is 4.79 Å². The topological polar surface area (TPSA) is 41.1 Å². The molecule has 2 unspecified atom stereocenters. The molecule has 1 aliphatic rings. The molecule has 0 aromatic heterocycles. The van der Waals surface area contributed by atoms with E-state index < -0.39 is 0 Å². The molecule has 1 aromatic carbocycles. The Morgan fingerprint density at radius 3 is 2.80 bits per heavy atom. The van der Waals surface area contributed by atoms with E-state index in [-0.39, 0.29) is 24.4 Å². The summed E-state index contributed by atoms with van der Waals surface area (Å²) >= 11 is 0. The Balaban J connectivity index is 0.00000200. The van der Waals surface area contributed by atoms with E-state index in [2.05, 4.69) is 17.6 Å². The van der Waals surface area contributed by atoms with Crippen LogP contribution in [0.5, 0.6) is 0 Å². The quantitative estimate of drug-likeness (QED) is 0.900. The van der Waals surface area contributed by atoms with Gasteiger partial charge in [0.25, 0.3) is 5.91 Å². The van der Waals surface area contributed by atoms with Gasteiger partial charge in [-0.2, -0.15) is 0 Å². The molecule has 1 fully saturated rings. The van der Waals surface area contributed by atoms with Crippen molar-refractivity contribution in [1.29, 1.82) is 0 Å². The summed E-state index contributed by atoms with van der Waals surface area (Å²) in [5.41, 5.74) is 2.97. The molecule has 4 heteroatoms. The molecule has 1 aromatic rings. The van der Waals surface area contributed by atoms with Crippen LogP contribution < -0.4 is 10.6 Å². The van der Waals surface area contributed by atoms with Crippen molar-refractivity contribution in [2.75, 3.05) is 13.1 Å². The number of amides is 1. The summed E-state index contributed by atoms with van der Waals surface area (Å²) in [4.78, 5) is 12.3. The lowest BCUT2D eigenvalue weighted by Gasteiger charge is -2.29. The van der Waals surface area contributed by atoms with Crippen LogP contribution in [0.4, 0.5) is 0 Å². The largest absolute Gasteiger partial charge is 0.349 e. The minimum atomic E-state index is 0. The predicted molar refractivity (Wildman–Crippen MR) is 85.7 cm³/mol. The number of nitrogens with one attached hydrogen (secondary N) is 2. The number of carbonyl (C=O) groups excluding carboxylic acids is 1. The Labute approximate surface area is 127 Å². The minimum absolute atomic E-state index is 0. The van der Waals surface area contributed by atoms with Crippen molar-refractivity contribution in [2.45, 2.75) is 39.7 Å². The first-order valence-corrected chi connectivity index (χ1v) is 7.17. The molecular formula is C16H25ClN2O. The molecule has 2 atom stereocenters. The van der Waals surface area contributed by atoms with Gasteiger partial charge in [0.15, 0.2) is 0 Å². The van der Waals surface area contributed by atoms with E-state index in [1.807, 2.05) is 32.0 Å². The Bertz CT molecular complexity index is 456. The SMILES string of the molecule is Cc1ccc(C)c(C(=O)NC(C)C2CCCNC2)c1.Cl. The van der Waals surface area contributed by atoms with E-state index in [9.17, 15) is 4.79 Å². The van der Waals surface area contributed by atoms with E-state index in [1.54, 1.807) is 0 Å². The van der Waals surface area contributed by atoms with Crippen molar-refractivity contribution in [3.8, 4) is 0 Å². The van der Waals surface area contributed by atoms with Gasteiger partial charge in [-0.05, 0) is 64.3 Å². The van der Waals surface area contributed by atoms with E-state index >= 15 is 0 Å². The zero-order valence-electron chi connectivity index (χ0n) is 12.5. The molecular weight excluding hydrogens is 272 g/mol. The van der Waals surface area contributed by atoms with Gasteiger partial charge in [-0.15, -0.1) is 12.4 Å². The van der Waals surface area contributed by atoms with E-state index in [4.69, 9.17) is 0 Å². The van der Waals surface area contributed by atoms with Gasteiger partial charge in [0.1, 0.15) is 0 Å². The van der Waals surface area contributed by atoms with Crippen LogP contribution in [0.3, 0.4) is 0 Å². The highest BCUT2D eigenvalue weighted by atomic mass is 35.5. The van der Waals surface area contributed by atoms with Gasteiger partial charge < -0.3 is 10.6 Å². The second-order valence-corrected chi connectivity index (χ2v) is 5.69. The van der Waals surface area contributed by atoms with Crippen molar-refractivity contribution in [3.05, 3.63) is 34.9 Å². The van der Waals surface area contributed by atoms with Crippen LogP contribution in [-0.4, -0.2) is 25.0 Å². The van der Waals surface area contributed by atoms with Crippen LogP contribution in [0.1, 0.15) is 41.3 Å². The maximum Gasteiger partial charge on any atom is 0.251 e. The van der Waals surface area contributed by atoms with Crippen molar-refractivity contribution in [3.63, 3.8) is 0 Å². The molecule has 0 saturated carbocycles. The molecule has 1 heterocycles. The highest BCUT2D eigenvalue weighted by Gasteiger charge is 2.22. The lowest BCUT2D eigenvalue weighted by molar-refractivity contribution is 0.0921. The maximum atomic E-state index is 12.3. The van der Waals surface area contributed by atoms with Gasteiger partial charge in [0.05, 0.1) is 0 Å². The van der Waals surface area contributed by atoms with Gasteiger partial charge in [-0.1, -0.05) is 17.7 Å². The van der Waals surface area contributed by atoms with E-state index in [0.717, 1.165) is 29.8 Å². The van der Waals surface area contributed by atoms with Gasteiger partial charge in [0, 0.05) is 11.6 Å². The Kier molecular flexibility index (Phi) is 6.50.